The Hall–Kier alpha value is -1.29. The number of hydrogen-bond donors (Lipinski definition) is 2. The van der Waals surface area contributed by atoms with Crippen LogP contribution >= 0.6 is 0 Å². The molecule has 1 aliphatic rings. The summed E-state index contributed by atoms with van der Waals surface area (Å²) in [7, 11) is 0. The second kappa shape index (κ2) is 3.46. The molecule has 0 bridgehead atoms. The Labute approximate surface area is 83.5 Å². The van der Waals surface area contributed by atoms with Gasteiger partial charge in [-0.2, -0.15) is 0 Å². The van der Waals surface area contributed by atoms with Gasteiger partial charge in [0.2, 0.25) is 0 Å². The first-order valence-corrected chi connectivity index (χ1v) is 4.76. The topological polar surface area (TPSA) is 60.2 Å². The monoisotopic (exact) mass is 193 g/mol. The smallest absolute Gasteiger partial charge is 0.128 e. The van der Waals surface area contributed by atoms with Gasteiger partial charge in [0.15, 0.2) is 0 Å². The maximum absolute atomic E-state index is 5.59. The van der Waals surface area contributed by atoms with E-state index in [1.165, 1.54) is 0 Å². The van der Waals surface area contributed by atoms with Crippen LogP contribution in [0.3, 0.4) is 0 Å². The van der Waals surface area contributed by atoms with Crippen molar-refractivity contribution in [3.8, 4) is 0 Å². The number of ether oxygens (including phenoxy) is 1. The minimum absolute atomic E-state index is 0.000787. The summed E-state index contributed by atoms with van der Waals surface area (Å²) in [6.45, 7) is 3.67. The lowest BCUT2D eigenvalue weighted by molar-refractivity contribution is 0.185. The average molecular weight is 193 g/mol. The van der Waals surface area contributed by atoms with Crippen LogP contribution in [0.1, 0.15) is 13.3 Å². The van der Waals surface area contributed by atoms with Gasteiger partial charge in [-0.05, 0) is 25.5 Å². The maximum Gasteiger partial charge on any atom is 0.128 e. The van der Waals surface area contributed by atoms with Crippen LogP contribution in [-0.2, 0) is 4.74 Å². The number of hydrogen-bond acceptors (Lipinski definition) is 4. The van der Waals surface area contributed by atoms with Gasteiger partial charge in [0.1, 0.15) is 11.6 Å². The third-order valence-electron chi connectivity index (χ3n) is 2.42. The highest BCUT2D eigenvalue weighted by Gasteiger charge is 2.29. The minimum Gasteiger partial charge on any atom is -0.384 e. The lowest BCUT2D eigenvalue weighted by Crippen LogP contribution is -2.35. The Bertz CT molecular complexity index is 321. The molecule has 0 radical (unpaired) electrons. The summed E-state index contributed by atoms with van der Waals surface area (Å²) in [6.07, 6.45) is 1.00. The van der Waals surface area contributed by atoms with Gasteiger partial charge in [0.25, 0.3) is 0 Å². The molecular formula is C10H15N3O. The second-order valence-corrected chi connectivity index (χ2v) is 3.94. The summed E-state index contributed by atoms with van der Waals surface area (Å²) in [6, 6.07) is 5.59. The van der Waals surface area contributed by atoms with Crippen LogP contribution in [0.2, 0.25) is 0 Å². The number of nitrogen functional groups attached to an aromatic ring is 1. The van der Waals surface area contributed by atoms with E-state index in [9.17, 15) is 0 Å². The molecule has 4 nitrogen and oxygen atoms in total. The van der Waals surface area contributed by atoms with Gasteiger partial charge in [0, 0.05) is 6.61 Å². The van der Waals surface area contributed by atoms with E-state index < -0.39 is 0 Å². The van der Waals surface area contributed by atoms with Crippen molar-refractivity contribution in [1.82, 2.24) is 4.98 Å². The van der Waals surface area contributed by atoms with Gasteiger partial charge >= 0.3 is 0 Å². The molecule has 0 saturated carbocycles. The van der Waals surface area contributed by atoms with Crippen LogP contribution in [0.5, 0.6) is 0 Å². The van der Waals surface area contributed by atoms with Crippen molar-refractivity contribution in [2.24, 2.45) is 0 Å². The zero-order valence-electron chi connectivity index (χ0n) is 8.29. The van der Waals surface area contributed by atoms with Crippen molar-refractivity contribution < 1.29 is 4.74 Å². The molecule has 3 N–H and O–H groups in total. The fourth-order valence-electron chi connectivity index (χ4n) is 1.60. The Balaban J connectivity index is 2.10. The predicted octanol–water partition coefficient (Wildman–Crippen LogP) is 1.25. The van der Waals surface area contributed by atoms with Crippen molar-refractivity contribution in [2.75, 3.05) is 24.3 Å². The van der Waals surface area contributed by atoms with Gasteiger partial charge in [0.05, 0.1) is 12.1 Å². The lowest BCUT2D eigenvalue weighted by Gasteiger charge is -2.24. The fourth-order valence-corrected chi connectivity index (χ4v) is 1.60. The molecule has 0 spiro atoms. The lowest BCUT2D eigenvalue weighted by atomic mass is 10.0. The minimum atomic E-state index is 0.000787. The third-order valence-corrected chi connectivity index (χ3v) is 2.42. The highest BCUT2D eigenvalue weighted by Crippen LogP contribution is 2.22. The van der Waals surface area contributed by atoms with E-state index in [0.29, 0.717) is 5.82 Å². The SMILES string of the molecule is CC1(Nc2cccc(N)n2)CCOC1. The molecule has 2 heterocycles. The molecule has 1 aromatic heterocycles. The van der Waals surface area contributed by atoms with Gasteiger partial charge in [-0.3, -0.25) is 0 Å². The number of pyridine rings is 1. The van der Waals surface area contributed by atoms with E-state index in [1.54, 1.807) is 6.07 Å². The summed E-state index contributed by atoms with van der Waals surface area (Å²) < 4.78 is 5.34. The van der Waals surface area contributed by atoms with Gasteiger partial charge in [-0.1, -0.05) is 6.07 Å². The molecule has 14 heavy (non-hydrogen) atoms. The quantitative estimate of drug-likeness (QED) is 0.742. The molecule has 1 atom stereocenters. The molecular weight excluding hydrogens is 178 g/mol. The van der Waals surface area contributed by atoms with Crippen LogP contribution in [0.25, 0.3) is 0 Å². The van der Waals surface area contributed by atoms with Gasteiger partial charge in [-0.15, -0.1) is 0 Å². The van der Waals surface area contributed by atoms with E-state index in [-0.39, 0.29) is 5.54 Å². The molecule has 1 saturated heterocycles. The van der Waals surface area contributed by atoms with Crippen molar-refractivity contribution >= 4 is 11.6 Å². The van der Waals surface area contributed by atoms with E-state index >= 15 is 0 Å². The number of anilines is 2. The van der Waals surface area contributed by atoms with Gasteiger partial charge in [-0.25, -0.2) is 4.98 Å². The molecule has 4 heteroatoms. The first-order valence-electron chi connectivity index (χ1n) is 4.76. The van der Waals surface area contributed by atoms with Crippen LogP contribution in [0, 0.1) is 0 Å². The average Bonchev–Trinajstić information content (AvgIpc) is 2.51. The van der Waals surface area contributed by atoms with Crippen LogP contribution < -0.4 is 11.1 Å². The zero-order chi connectivity index (χ0) is 10.0. The molecule has 1 aliphatic heterocycles. The second-order valence-electron chi connectivity index (χ2n) is 3.94. The predicted molar refractivity (Wildman–Crippen MR) is 56.1 cm³/mol. The first-order chi connectivity index (χ1) is 6.68. The Morgan fingerprint density at radius 2 is 2.43 bits per heavy atom. The Morgan fingerprint density at radius 1 is 1.57 bits per heavy atom. The molecule has 0 aromatic carbocycles. The summed E-state index contributed by atoms with van der Waals surface area (Å²) in [5.41, 5.74) is 5.59. The van der Waals surface area contributed by atoms with Crippen molar-refractivity contribution in [3.63, 3.8) is 0 Å². The van der Waals surface area contributed by atoms with E-state index in [0.717, 1.165) is 25.5 Å². The number of nitrogens with two attached hydrogens (primary N) is 1. The van der Waals surface area contributed by atoms with Crippen molar-refractivity contribution in [2.45, 2.75) is 18.9 Å². The maximum atomic E-state index is 5.59. The fraction of sp³-hybridized carbons (Fsp3) is 0.500. The summed E-state index contributed by atoms with van der Waals surface area (Å²) in [4.78, 5) is 4.19. The van der Waals surface area contributed by atoms with Crippen LogP contribution in [0.4, 0.5) is 11.6 Å². The largest absolute Gasteiger partial charge is 0.384 e. The van der Waals surface area contributed by atoms with Crippen LogP contribution in [-0.4, -0.2) is 23.7 Å². The molecule has 0 aliphatic carbocycles. The van der Waals surface area contributed by atoms with E-state index in [2.05, 4.69) is 17.2 Å². The number of aromatic nitrogens is 1. The normalized spacial score (nSPS) is 26.4. The van der Waals surface area contributed by atoms with Crippen molar-refractivity contribution in [1.29, 1.82) is 0 Å². The summed E-state index contributed by atoms with van der Waals surface area (Å²) >= 11 is 0. The summed E-state index contributed by atoms with van der Waals surface area (Å²) in [5, 5.41) is 3.34. The number of nitrogens with zero attached hydrogens (tertiary/aromatic N) is 1. The number of nitrogens with one attached hydrogen (secondary N) is 1. The molecule has 1 fully saturated rings. The zero-order valence-corrected chi connectivity index (χ0v) is 8.29. The molecule has 2 rings (SSSR count). The third kappa shape index (κ3) is 1.96. The Kier molecular flexibility index (Phi) is 2.29. The highest BCUT2D eigenvalue weighted by molar-refractivity contribution is 5.44. The highest BCUT2D eigenvalue weighted by atomic mass is 16.5. The first kappa shape index (κ1) is 9.27. The number of rotatable bonds is 2. The van der Waals surface area contributed by atoms with Crippen LogP contribution in [0.15, 0.2) is 18.2 Å². The van der Waals surface area contributed by atoms with E-state index in [4.69, 9.17) is 10.5 Å². The summed E-state index contributed by atoms with van der Waals surface area (Å²) in [5.74, 6) is 1.36. The molecule has 1 unspecified atom stereocenters. The van der Waals surface area contributed by atoms with E-state index in [1.807, 2.05) is 12.1 Å². The van der Waals surface area contributed by atoms with Gasteiger partial charge < -0.3 is 15.8 Å². The molecule has 0 amide bonds. The molecule has 76 valence electrons. The standard InChI is InChI=1S/C10H15N3O/c1-10(5-6-14-7-10)13-9-4-2-3-8(11)12-9/h2-4H,5-7H2,1H3,(H3,11,12,13). The van der Waals surface area contributed by atoms with Crippen molar-refractivity contribution in [3.05, 3.63) is 18.2 Å². The Morgan fingerprint density at radius 3 is 3.07 bits per heavy atom. The molecule has 1 aromatic rings.